The topological polar surface area (TPSA) is 19.6 Å². The lowest BCUT2D eigenvalue weighted by atomic mass is 10.1. The Morgan fingerprint density at radius 3 is 2.59 bits per heavy atom. The lowest BCUT2D eigenvalue weighted by molar-refractivity contribution is 0.622. The van der Waals surface area contributed by atoms with Crippen LogP contribution in [0.3, 0.4) is 0 Å². The number of aryl methyl sites for hydroxylation is 1. The number of hydrogen-bond donors (Lipinski definition) is 0. The molecule has 4 aromatic rings. The molecule has 0 N–H and O–H groups in total. The first-order chi connectivity index (χ1) is 13.1. The van der Waals surface area contributed by atoms with E-state index in [2.05, 4.69) is 85.3 Å². The Morgan fingerprint density at radius 1 is 0.926 bits per heavy atom. The molecule has 0 saturated carbocycles. The van der Waals surface area contributed by atoms with Crippen LogP contribution in [0.4, 0.5) is 11.4 Å². The van der Waals surface area contributed by atoms with Gasteiger partial charge in [-0.05, 0) is 43.5 Å². The summed E-state index contributed by atoms with van der Waals surface area (Å²) in [6, 6.07) is 21.5. The zero-order valence-electron chi connectivity index (χ0n) is 16.1. The zero-order valence-corrected chi connectivity index (χ0v) is 16.1. The summed E-state index contributed by atoms with van der Waals surface area (Å²) >= 11 is 0. The molecule has 1 aliphatic heterocycles. The van der Waals surface area contributed by atoms with Crippen molar-refractivity contribution in [1.82, 2.24) is 0 Å². The Balaban J connectivity index is 1.70. The maximum atomic E-state index is 6.36. The van der Waals surface area contributed by atoms with E-state index >= 15 is 0 Å². The highest BCUT2D eigenvalue weighted by Crippen LogP contribution is 2.39. The molecule has 2 heterocycles. The molecular formula is C24H24N2O. The Morgan fingerprint density at radius 2 is 1.70 bits per heavy atom. The molecule has 0 fully saturated rings. The number of anilines is 2. The molecule has 3 nitrogen and oxygen atoms in total. The minimum Gasteiger partial charge on any atom is -0.454 e. The Bertz CT molecular complexity index is 1140. The smallest absolute Gasteiger partial charge is 0.159 e. The molecule has 5 rings (SSSR count). The van der Waals surface area contributed by atoms with Crippen molar-refractivity contribution in [2.45, 2.75) is 26.4 Å². The third-order valence-electron chi connectivity index (χ3n) is 6.01. The summed E-state index contributed by atoms with van der Waals surface area (Å²) in [7, 11) is 2.19. The molecule has 0 amide bonds. The summed E-state index contributed by atoms with van der Waals surface area (Å²) in [5, 5.41) is 2.38. The van der Waals surface area contributed by atoms with Gasteiger partial charge in [-0.15, -0.1) is 0 Å². The average molecular weight is 356 g/mol. The van der Waals surface area contributed by atoms with Crippen LogP contribution in [0.25, 0.3) is 21.9 Å². The molecule has 1 atom stereocenters. The van der Waals surface area contributed by atoms with Crippen molar-refractivity contribution in [1.29, 1.82) is 0 Å². The van der Waals surface area contributed by atoms with E-state index in [1.165, 1.54) is 33.3 Å². The molecule has 0 saturated heterocycles. The molecule has 0 radical (unpaired) electrons. The standard InChI is InChI=1S/C24H24N2O/c1-16-12-13-20-19-9-5-7-11-22(19)27-24(20)23(16)26-15-14-18-8-4-6-10-21(18)25(3)17(26)2/h4-13,17H,14-15H2,1-3H3/t17-/m0/s1. The second-order valence-electron chi connectivity index (χ2n) is 7.52. The Kier molecular flexibility index (Phi) is 3.64. The van der Waals surface area contributed by atoms with Crippen LogP contribution in [0.5, 0.6) is 0 Å². The minimum atomic E-state index is 0.242. The van der Waals surface area contributed by atoms with Gasteiger partial charge in [0, 0.05) is 30.1 Å². The Hall–Kier alpha value is -2.94. The highest BCUT2D eigenvalue weighted by atomic mass is 16.3. The third-order valence-corrected chi connectivity index (χ3v) is 6.01. The lowest BCUT2D eigenvalue weighted by Gasteiger charge is -2.36. The summed E-state index contributed by atoms with van der Waals surface area (Å²) in [5.41, 5.74) is 7.16. The van der Waals surface area contributed by atoms with Gasteiger partial charge in [0.25, 0.3) is 0 Å². The molecule has 0 aliphatic carbocycles. The first kappa shape index (κ1) is 16.2. The van der Waals surface area contributed by atoms with E-state index in [1.54, 1.807) is 0 Å². The number of furan rings is 1. The van der Waals surface area contributed by atoms with Crippen LogP contribution in [0.1, 0.15) is 18.1 Å². The van der Waals surface area contributed by atoms with Gasteiger partial charge in [-0.3, -0.25) is 0 Å². The van der Waals surface area contributed by atoms with Crippen LogP contribution >= 0.6 is 0 Å². The third kappa shape index (κ3) is 2.42. The highest BCUT2D eigenvalue weighted by Gasteiger charge is 2.28. The lowest BCUT2D eigenvalue weighted by Crippen LogP contribution is -2.44. The van der Waals surface area contributed by atoms with Crippen molar-refractivity contribution < 1.29 is 4.42 Å². The van der Waals surface area contributed by atoms with E-state index in [4.69, 9.17) is 4.42 Å². The van der Waals surface area contributed by atoms with Crippen LogP contribution in [0.15, 0.2) is 65.1 Å². The van der Waals surface area contributed by atoms with E-state index in [1.807, 2.05) is 6.07 Å². The maximum Gasteiger partial charge on any atom is 0.159 e. The van der Waals surface area contributed by atoms with E-state index in [9.17, 15) is 0 Å². The van der Waals surface area contributed by atoms with E-state index in [0.29, 0.717) is 0 Å². The number of rotatable bonds is 1. The normalized spacial score (nSPS) is 17.4. The minimum absolute atomic E-state index is 0.242. The molecule has 1 aliphatic rings. The number of benzene rings is 3. The summed E-state index contributed by atoms with van der Waals surface area (Å²) in [6.07, 6.45) is 1.27. The quantitative estimate of drug-likeness (QED) is 0.434. The highest BCUT2D eigenvalue weighted by molar-refractivity contribution is 6.09. The van der Waals surface area contributed by atoms with Gasteiger partial charge >= 0.3 is 0 Å². The number of para-hydroxylation sites is 2. The SMILES string of the molecule is Cc1ccc2c(oc3ccccc32)c1N1CCc2ccccc2N(C)[C@@H]1C. The molecule has 0 unspecified atom stereocenters. The number of nitrogens with zero attached hydrogens (tertiary/aromatic N) is 2. The summed E-state index contributed by atoms with van der Waals surface area (Å²) in [5.74, 6) is 0. The van der Waals surface area contributed by atoms with Crippen LogP contribution in [0, 0.1) is 6.92 Å². The molecule has 136 valence electrons. The van der Waals surface area contributed by atoms with Crippen molar-refractivity contribution in [3.63, 3.8) is 0 Å². The zero-order chi connectivity index (χ0) is 18.5. The van der Waals surface area contributed by atoms with Crippen LogP contribution < -0.4 is 9.80 Å². The largest absolute Gasteiger partial charge is 0.454 e. The molecule has 0 spiro atoms. The summed E-state index contributed by atoms with van der Waals surface area (Å²) < 4.78 is 6.36. The summed E-state index contributed by atoms with van der Waals surface area (Å²) in [6.45, 7) is 5.44. The van der Waals surface area contributed by atoms with Crippen molar-refractivity contribution in [3.8, 4) is 0 Å². The fourth-order valence-electron chi connectivity index (χ4n) is 4.43. The van der Waals surface area contributed by atoms with Crippen molar-refractivity contribution >= 4 is 33.3 Å². The Labute approximate surface area is 159 Å². The molecule has 1 aromatic heterocycles. The first-order valence-corrected chi connectivity index (χ1v) is 9.63. The van der Waals surface area contributed by atoms with Gasteiger partial charge in [0.2, 0.25) is 0 Å². The van der Waals surface area contributed by atoms with Gasteiger partial charge in [-0.1, -0.05) is 48.5 Å². The monoisotopic (exact) mass is 356 g/mol. The van der Waals surface area contributed by atoms with E-state index < -0.39 is 0 Å². The second-order valence-corrected chi connectivity index (χ2v) is 7.52. The molecule has 3 heteroatoms. The van der Waals surface area contributed by atoms with Crippen LogP contribution in [-0.4, -0.2) is 19.8 Å². The fraction of sp³-hybridized carbons (Fsp3) is 0.250. The fourth-order valence-corrected chi connectivity index (χ4v) is 4.43. The first-order valence-electron chi connectivity index (χ1n) is 9.63. The van der Waals surface area contributed by atoms with Gasteiger partial charge in [-0.2, -0.15) is 0 Å². The maximum absolute atomic E-state index is 6.36. The van der Waals surface area contributed by atoms with Gasteiger partial charge in [0.05, 0.1) is 11.9 Å². The average Bonchev–Trinajstić information content (AvgIpc) is 3.02. The molecule has 0 bridgehead atoms. The molecule has 3 aromatic carbocycles. The van der Waals surface area contributed by atoms with Crippen LogP contribution in [-0.2, 0) is 6.42 Å². The van der Waals surface area contributed by atoms with Gasteiger partial charge < -0.3 is 14.2 Å². The molecular weight excluding hydrogens is 332 g/mol. The molecule has 27 heavy (non-hydrogen) atoms. The van der Waals surface area contributed by atoms with E-state index in [-0.39, 0.29) is 6.17 Å². The predicted octanol–water partition coefficient (Wildman–Crippen LogP) is 5.74. The van der Waals surface area contributed by atoms with Crippen molar-refractivity contribution in [2.75, 3.05) is 23.4 Å². The van der Waals surface area contributed by atoms with Crippen molar-refractivity contribution in [2.24, 2.45) is 0 Å². The predicted molar refractivity (Wildman–Crippen MR) is 114 cm³/mol. The van der Waals surface area contributed by atoms with Gasteiger partial charge in [0.1, 0.15) is 5.58 Å². The van der Waals surface area contributed by atoms with E-state index in [0.717, 1.165) is 24.1 Å². The van der Waals surface area contributed by atoms with Gasteiger partial charge in [0.15, 0.2) is 5.58 Å². The van der Waals surface area contributed by atoms with Crippen molar-refractivity contribution in [3.05, 3.63) is 71.8 Å². The number of fused-ring (bicyclic) bond motifs is 4. The van der Waals surface area contributed by atoms with Gasteiger partial charge in [-0.25, -0.2) is 0 Å². The summed E-state index contributed by atoms with van der Waals surface area (Å²) in [4.78, 5) is 4.88. The second kappa shape index (κ2) is 6.05. The number of hydrogen-bond acceptors (Lipinski definition) is 3. The van der Waals surface area contributed by atoms with Crippen LogP contribution in [0.2, 0.25) is 0 Å².